The molecular formula is C8H12N2O4. The lowest BCUT2D eigenvalue weighted by Crippen LogP contribution is -2.56. The summed E-state index contributed by atoms with van der Waals surface area (Å²) in [4.78, 5) is 31.4. The average molecular weight is 200 g/mol. The molecule has 0 radical (unpaired) electrons. The molecule has 6 nitrogen and oxygen atoms in total. The standard InChI is InChI=1S/C8H12N2O4/c1-6(2)7(13)14-8(3,9-4-11)10-5-12/h4-5H,1H2,2-3H3,(H,9,11)(H,10,12). The zero-order valence-electron chi connectivity index (χ0n) is 7.99. The number of carbonyl (C=O) groups excluding carboxylic acids is 3. The number of carbonyl (C=O) groups is 3. The van der Waals surface area contributed by atoms with Crippen molar-refractivity contribution in [3.05, 3.63) is 12.2 Å². The van der Waals surface area contributed by atoms with Gasteiger partial charge in [0.2, 0.25) is 12.8 Å². The molecule has 0 bridgehead atoms. The van der Waals surface area contributed by atoms with E-state index in [0.29, 0.717) is 12.8 Å². The van der Waals surface area contributed by atoms with Crippen molar-refractivity contribution in [2.75, 3.05) is 0 Å². The first-order chi connectivity index (χ1) is 6.45. The Morgan fingerprint density at radius 1 is 1.36 bits per heavy atom. The van der Waals surface area contributed by atoms with Crippen molar-refractivity contribution in [3.63, 3.8) is 0 Å². The fourth-order valence-electron chi connectivity index (χ4n) is 0.598. The molecular weight excluding hydrogens is 188 g/mol. The maximum absolute atomic E-state index is 11.1. The molecule has 14 heavy (non-hydrogen) atoms. The minimum Gasteiger partial charge on any atom is -0.417 e. The summed E-state index contributed by atoms with van der Waals surface area (Å²) in [6.07, 6.45) is 0.615. The van der Waals surface area contributed by atoms with E-state index in [1.807, 2.05) is 0 Å². The molecule has 2 N–H and O–H groups in total. The Bertz CT molecular complexity index is 252. The first-order valence-electron chi connectivity index (χ1n) is 3.76. The van der Waals surface area contributed by atoms with Crippen molar-refractivity contribution in [1.29, 1.82) is 0 Å². The highest BCUT2D eigenvalue weighted by Crippen LogP contribution is 2.03. The van der Waals surface area contributed by atoms with Crippen LogP contribution in [0.1, 0.15) is 13.8 Å². The molecule has 0 aromatic heterocycles. The second-order valence-electron chi connectivity index (χ2n) is 2.73. The summed E-state index contributed by atoms with van der Waals surface area (Å²) >= 11 is 0. The molecule has 0 saturated heterocycles. The molecule has 0 heterocycles. The van der Waals surface area contributed by atoms with Crippen molar-refractivity contribution in [3.8, 4) is 0 Å². The van der Waals surface area contributed by atoms with Gasteiger partial charge in [-0.1, -0.05) is 6.58 Å². The first kappa shape index (κ1) is 12.2. The predicted octanol–water partition coefficient (Wildman–Crippen LogP) is -0.729. The molecule has 0 aliphatic rings. The summed E-state index contributed by atoms with van der Waals surface area (Å²) in [6, 6.07) is 0. The molecule has 0 aliphatic carbocycles. The van der Waals surface area contributed by atoms with E-state index in [0.717, 1.165) is 0 Å². The Hall–Kier alpha value is -1.85. The Labute approximate surface area is 81.3 Å². The van der Waals surface area contributed by atoms with Gasteiger partial charge in [-0.3, -0.25) is 9.59 Å². The van der Waals surface area contributed by atoms with Crippen LogP contribution in [-0.4, -0.2) is 24.6 Å². The Morgan fingerprint density at radius 3 is 2.07 bits per heavy atom. The lowest BCUT2D eigenvalue weighted by molar-refractivity contribution is -0.162. The number of nitrogens with one attached hydrogen (secondary N) is 2. The van der Waals surface area contributed by atoms with Crippen LogP contribution in [0, 0.1) is 0 Å². The Morgan fingerprint density at radius 2 is 1.79 bits per heavy atom. The summed E-state index contributed by atoms with van der Waals surface area (Å²) in [5.74, 6) is -2.25. The van der Waals surface area contributed by atoms with Crippen molar-refractivity contribution >= 4 is 18.8 Å². The van der Waals surface area contributed by atoms with Gasteiger partial charge < -0.3 is 15.4 Å². The van der Waals surface area contributed by atoms with E-state index in [1.54, 1.807) is 0 Å². The first-order valence-corrected chi connectivity index (χ1v) is 3.76. The molecule has 0 rings (SSSR count). The van der Waals surface area contributed by atoms with Crippen LogP contribution < -0.4 is 10.6 Å². The molecule has 0 aromatic rings. The van der Waals surface area contributed by atoms with Crippen LogP contribution in [0.4, 0.5) is 0 Å². The maximum Gasteiger partial charge on any atom is 0.336 e. The monoisotopic (exact) mass is 200 g/mol. The Balaban J connectivity index is 4.49. The largest absolute Gasteiger partial charge is 0.417 e. The van der Waals surface area contributed by atoms with Crippen LogP contribution in [0.3, 0.4) is 0 Å². The molecule has 0 atom stereocenters. The molecule has 0 aromatic carbocycles. The maximum atomic E-state index is 11.1. The highest BCUT2D eigenvalue weighted by molar-refractivity contribution is 5.87. The molecule has 0 aliphatic heterocycles. The summed E-state index contributed by atoms with van der Waals surface area (Å²) in [6.45, 7) is 6.12. The number of esters is 1. The Kier molecular flexibility index (Phi) is 4.34. The zero-order chi connectivity index (χ0) is 11.2. The summed E-state index contributed by atoms with van der Waals surface area (Å²) in [5, 5.41) is 4.28. The van der Waals surface area contributed by atoms with Gasteiger partial charge in [-0.05, 0) is 6.92 Å². The zero-order valence-corrected chi connectivity index (χ0v) is 7.99. The molecule has 0 saturated carbocycles. The fraction of sp³-hybridized carbons (Fsp3) is 0.375. The summed E-state index contributed by atoms with van der Waals surface area (Å²) in [5.41, 5.74) is 0.164. The highest BCUT2D eigenvalue weighted by atomic mass is 16.6. The molecule has 0 unspecified atom stereocenters. The van der Waals surface area contributed by atoms with E-state index in [1.165, 1.54) is 13.8 Å². The van der Waals surface area contributed by atoms with E-state index in [9.17, 15) is 14.4 Å². The van der Waals surface area contributed by atoms with Crippen LogP contribution in [0.15, 0.2) is 12.2 Å². The SMILES string of the molecule is C=C(C)C(=O)OC(C)(NC=O)NC=O. The summed E-state index contributed by atoms with van der Waals surface area (Å²) in [7, 11) is 0. The van der Waals surface area contributed by atoms with Gasteiger partial charge in [0.15, 0.2) is 0 Å². The van der Waals surface area contributed by atoms with Crippen LogP contribution in [0.25, 0.3) is 0 Å². The van der Waals surface area contributed by atoms with Gasteiger partial charge in [0.25, 0.3) is 5.85 Å². The van der Waals surface area contributed by atoms with E-state index in [4.69, 9.17) is 4.74 Å². The predicted molar refractivity (Wildman–Crippen MR) is 47.7 cm³/mol. The van der Waals surface area contributed by atoms with Crippen LogP contribution in [0.5, 0.6) is 0 Å². The van der Waals surface area contributed by atoms with E-state index in [-0.39, 0.29) is 5.57 Å². The number of hydrogen-bond acceptors (Lipinski definition) is 4. The van der Waals surface area contributed by atoms with Crippen LogP contribution in [-0.2, 0) is 19.1 Å². The van der Waals surface area contributed by atoms with E-state index in [2.05, 4.69) is 17.2 Å². The van der Waals surface area contributed by atoms with E-state index >= 15 is 0 Å². The molecule has 2 amide bonds. The molecule has 0 fully saturated rings. The van der Waals surface area contributed by atoms with Crippen molar-refractivity contribution in [1.82, 2.24) is 10.6 Å². The smallest absolute Gasteiger partial charge is 0.336 e. The van der Waals surface area contributed by atoms with Crippen molar-refractivity contribution in [2.45, 2.75) is 19.7 Å². The summed E-state index contributed by atoms with van der Waals surface area (Å²) < 4.78 is 4.76. The number of ether oxygens (including phenoxy) is 1. The topological polar surface area (TPSA) is 84.5 Å². The third-order valence-corrected chi connectivity index (χ3v) is 1.31. The van der Waals surface area contributed by atoms with Gasteiger partial charge in [-0.15, -0.1) is 0 Å². The quantitative estimate of drug-likeness (QED) is 0.256. The van der Waals surface area contributed by atoms with Gasteiger partial charge in [0.1, 0.15) is 0 Å². The average Bonchev–Trinajstić information content (AvgIpc) is 2.04. The molecule has 6 heteroatoms. The van der Waals surface area contributed by atoms with Gasteiger partial charge >= 0.3 is 5.97 Å². The minimum atomic E-state index is -1.54. The third-order valence-electron chi connectivity index (χ3n) is 1.31. The normalized spacial score (nSPS) is 9.86. The highest BCUT2D eigenvalue weighted by Gasteiger charge is 2.27. The third kappa shape index (κ3) is 3.70. The minimum absolute atomic E-state index is 0.164. The van der Waals surface area contributed by atoms with E-state index < -0.39 is 11.8 Å². The molecule has 78 valence electrons. The van der Waals surface area contributed by atoms with Gasteiger partial charge in [-0.25, -0.2) is 4.79 Å². The van der Waals surface area contributed by atoms with Crippen LogP contribution >= 0.6 is 0 Å². The van der Waals surface area contributed by atoms with Gasteiger partial charge in [-0.2, -0.15) is 0 Å². The number of rotatable bonds is 6. The van der Waals surface area contributed by atoms with Gasteiger partial charge in [0, 0.05) is 12.5 Å². The lowest BCUT2D eigenvalue weighted by Gasteiger charge is -2.27. The van der Waals surface area contributed by atoms with Gasteiger partial charge in [0.05, 0.1) is 0 Å². The van der Waals surface area contributed by atoms with Crippen molar-refractivity contribution < 1.29 is 19.1 Å². The number of hydrogen-bond donors (Lipinski definition) is 2. The van der Waals surface area contributed by atoms with Crippen molar-refractivity contribution in [2.24, 2.45) is 0 Å². The lowest BCUT2D eigenvalue weighted by atomic mass is 10.3. The number of amides is 2. The second-order valence-corrected chi connectivity index (χ2v) is 2.73. The van der Waals surface area contributed by atoms with Crippen LogP contribution in [0.2, 0.25) is 0 Å². The second kappa shape index (κ2) is 5.00. The fourth-order valence-corrected chi connectivity index (χ4v) is 0.598. The molecule has 0 spiro atoms.